The van der Waals surface area contributed by atoms with Gasteiger partial charge in [-0.3, -0.25) is 4.98 Å². The largest absolute Gasteiger partial charge is 0.385 e. The Morgan fingerprint density at radius 3 is 2.87 bits per heavy atom. The molecule has 0 saturated heterocycles. The Bertz CT molecular complexity index is 606. The molecule has 0 radical (unpaired) electrons. The summed E-state index contributed by atoms with van der Waals surface area (Å²) in [4.78, 5) is 4.10. The molecule has 6 heteroatoms. The molecule has 0 spiro atoms. The van der Waals surface area contributed by atoms with Crippen molar-refractivity contribution >= 4 is 10.0 Å². The lowest BCUT2D eigenvalue weighted by Crippen LogP contribution is -2.35. The van der Waals surface area contributed by atoms with Crippen molar-refractivity contribution in [3.63, 3.8) is 0 Å². The molecule has 0 amide bonds. The molecule has 1 aromatic rings. The van der Waals surface area contributed by atoms with E-state index in [4.69, 9.17) is 4.74 Å². The molecule has 4 atom stereocenters. The second kappa shape index (κ2) is 7.28. The summed E-state index contributed by atoms with van der Waals surface area (Å²) in [6, 6.07) is 3.47. The number of hydrogen-bond donors (Lipinski definition) is 1. The van der Waals surface area contributed by atoms with E-state index in [-0.39, 0.29) is 11.8 Å². The Labute approximate surface area is 138 Å². The van der Waals surface area contributed by atoms with E-state index >= 15 is 0 Å². The number of fused-ring (bicyclic) bond motifs is 2. The molecule has 3 rings (SSSR count). The van der Waals surface area contributed by atoms with E-state index in [1.807, 2.05) is 12.1 Å². The van der Waals surface area contributed by atoms with Crippen LogP contribution in [0.1, 0.15) is 43.7 Å². The molecule has 23 heavy (non-hydrogen) atoms. The summed E-state index contributed by atoms with van der Waals surface area (Å²) in [5, 5.41) is 0. The number of pyridine rings is 1. The molecule has 1 aromatic heterocycles. The molecule has 5 nitrogen and oxygen atoms in total. The highest BCUT2D eigenvalue weighted by molar-refractivity contribution is 7.89. The van der Waals surface area contributed by atoms with Crippen molar-refractivity contribution in [2.75, 3.05) is 19.5 Å². The molecule has 2 aliphatic carbocycles. The monoisotopic (exact) mass is 338 g/mol. The molecule has 128 valence electrons. The van der Waals surface area contributed by atoms with E-state index < -0.39 is 10.0 Å². The Hall–Kier alpha value is -0.980. The number of hydrogen-bond acceptors (Lipinski definition) is 4. The van der Waals surface area contributed by atoms with Crippen LogP contribution in [0.4, 0.5) is 0 Å². The van der Waals surface area contributed by atoms with Crippen LogP contribution in [0.2, 0.25) is 0 Å². The SMILES string of the molecule is COCCC(NS(=O)(=O)CC1CC2CCC1C2)c1cccnc1. The molecule has 0 aromatic carbocycles. The van der Waals surface area contributed by atoms with Gasteiger partial charge in [0.1, 0.15) is 0 Å². The lowest BCUT2D eigenvalue weighted by atomic mass is 9.90. The molecule has 4 unspecified atom stereocenters. The maximum absolute atomic E-state index is 12.6. The normalized spacial score (nSPS) is 28.1. The minimum atomic E-state index is -3.30. The molecular weight excluding hydrogens is 312 g/mol. The zero-order valence-corrected chi connectivity index (χ0v) is 14.5. The summed E-state index contributed by atoms with van der Waals surface area (Å²) < 4.78 is 33.3. The summed E-state index contributed by atoms with van der Waals surface area (Å²) in [5.41, 5.74) is 0.890. The second-order valence-electron chi connectivity index (χ2n) is 6.95. The fourth-order valence-corrected chi connectivity index (χ4v) is 5.99. The van der Waals surface area contributed by atoms with Gasteiger partial charge in [0, 0.05) is 26.1 Å². The summed E-state index contributed by atoms with van der Waals surface area (Å²) in [6.07, 6.45) is 8.84. The zero-order chi connectivity index (χ0) is 16.3. The van der Waals surface area contributed by atoms with Gasteiger partial charge in [0.2, 0.25) is 10.0 Å². The summed E-state index contributed by atoms with van der Waals surface area (Å²) in [5.74, 6) is 1.98. The minimum absolute atomic E-state index is 0.262. The smallest absolute Gasteiger partial charge is 0.212 e. The molecule has 1 N–H and O–H groups in total. The van der Waals surface area contributed by atoms with Gasteiger partial charge in [-0.15, -0.1) is 0 Å². The first kappa shape index (κ1) is 16.9. The van der Waals surface area contributed by atoms with E-state index in [1.54, 1.807) is 19.5 Å². The first-order chi connectivity index (χ1) is 11.1. The Morgan fingerprint density at radius 1 is 1.39 bits per heavy atom. The van der Waals surface area contributed by atoms with Crippen molar-refractivity contribution in [3.05, 3.63) is 30.1 Å². The van der Waals surface area contributed by atoms with Gasteiger partial charge < -0.3 is 4.74 Å². The topological polar surface area (TPSA) is 68.3 Å². The van der Waals surface area contributed by atoms with Crippen LogP contribution < -0.4 is 4.72 Å². The average Bonchev–Trinajstić information content (AvgIpc) is 3.14. The summed E-state index contributed by atoms with van der Waals surface area (Å²) >= 11 is 0. The number of aromatic nitrogens is 1. The van der Waals surface area contributed by atoms with Crippen LogP contribution >= 0.6 is 0 Å². The highest BCUT2D eigenvalue weighted by Crippen LogP contribution is 2.48. The second-order valence-corrected chi connectivity index (χ2v) is 8.75. The van der Waals surface area contributed by atoms with E-state index in [9.17, 15) is 8.42 Å². The fraction of sp³-hybridized carbons (Fsp3) is 0.706. The van der Waals surface area contributed by atoms with Gasteiger partial charge in [0.25, 0.3) is 0 Å². The maximum Gasteiger partial charge on any atom is 0.212 e. The molecule has 2 saturated carbocycles. The van der Waals surface area contributed by atoms with E-state index in [0.29, 0.717) is 24.9 Å². The van der Waals surface area contributed by atoms with Crippen molar-refractivity contribution in [1.29, 1.82) is 0 Å². The van der Waals surface area contributed by atoms with Crippen LogP contribution in [0, 0.1) is 17.8 Å². The maximum atomic E-state index is 12.6. The lowest BCUT2D eigenvalue weighted by molar-refractivity contribution is 0.186. The van der Waals surface area contributed by atoms with Crippen LogP contribution in [0.25, 0.3) is 0 Å². The van der Waals surface area contributed by atoms with Gasteiger partial charge >= 0.3 is 0 Å². The van der Waals surface area contributed by atoms with Gasteiger partial charge in [-0.2, -0.15) is 0 Å². The third-order valence-electron chi connectivity index (χ3n) is 5.34. The van der Waals surface area contributed by atoms with E-state index in [0.717, 1.165) is 17.9 Å². The molecule has 2 bridgehead atoms. The van der Waals surface area contributed by atoms with Gasteiger partial charge in [0.15, 0.2) is 0 Å². The van der Waals surface area contributed by atoms with Gasteiger partial charge in [-0.1, -0.05) is 12.5 Å². The van der Waals surface area contributed by atoms with E-state index in [2.05, 4.69) is 9.71 Å². The molecule has 0 aliphatic heterocycles. The van der Waals surface area contributed by atoms with Gasteiger partial charge in [0.05, 0.1) is 11.8 Å². The first-order valence-corrected chi connectivity index (χ1v) is 10.1. The highest BCUT2D eigenvalue weighted by Gasteiger charge is 2.41. The Kier molecular flexibility index (Phi) is 5.34. The Morgan fingerprint density at radius 2 is 2.26 bits per heavy atom. The van der Waals surface area contributed by atoms with Crippen LogP contribution in [0.3, 0.4) is 0 Å². The van der Waals surface area contributed by atoms with Gasteiger partial charge in [-0.25, -0.2) is 13.1 Å². The fourth-order valence-electron chi connectivity index (χ4n) is 4.24. The zero-order valence-electron chi connectivity index (χ0n) is 13.6. The van der Waals surface area contributed by atoms with E-state index in [1.165, 1.54) is 19.3 Å². The first-order valence-electron chi connectivity index (χ1n) is 8.46. The molecular formula is C17H26N2O3S. The number of methoxy groups -OCH3 is 1. The molecule has 2 fully saturated rings. The lowest BCUT2D eigenvalue weighted by Gasteiger charge is -2.24. The summed E-state index contributed by atoms with van der Waals surface area (Å²) in [6.45, 7) is 0.510. The molecule has 1 heterocycles. The quantitative estimate of drug-likeness (QED) is 0.791. The average molecular weight is 338 g/mol. The van der Waals surface area contributed by atoms with Crippen molar-refractivity contribution in [1.82, 2.24) is 9.71 Å². The number of sulfonamides is 1. The van der Waals surface area contributed by atoms with Crippen molar-refractivity contribution in [3.8, 4) is 0 Å². The highest BCUT2D eigenvalue weighted by atomic mass is 32.2. The number of rotatable bonds is 8. The third-order valence-corrected chi connectivity index (χ3v) is 6.85. The number of nitrogens with one attached hydrogen (secondary N) is 1. The minimum Gasteiger partial charge on any atom is -0.385 e. The van der Waals surface area contributed by atoms with Gasteiger partial charge in [-0.05, 0) is 55.1 Å². The van der Waals surface area contributed by atoms with Crippen LogP contribution in [0.5, 0.6) is 0 Å². The van der Waals surface area contributed by atoms with Crippen molar-refractivity contribution < 1.29 is 13.2 Å². The Balaban J connectivity index is 1.65. The molecule has 2 aliphatic rings. The predicted octanol–water partition coefficient (Wildman–Crippen LogP) is 2.51. The van der Waals surface area contributed by atoms with Crippen LogP contribution in [-0.2, 0) is 14.8 Å². The standard InChI is InChI=1S/C17H26N2O3S/c1-22-8-6-17(15-3-2-7-18-11-15)19-23(20,21)12-16-10-13-4-5-14(16)9-13/h2-3,7,11,13-14,16-17,19H,4-6,8-10,12H2,1H3. The predicted molar refractivity (Wildman–Crippen MR) is 89.3 cm³/mol. The number of nitrogens with zero attached hydrogens (tertiary/aromatic N) is 1. The van der Waals surface area contributed by atoms with Crippen molar-refractivity contribution in [2.24, 2.45) is 17.8 Å². The van der Waals surface area contributed by atoms with Crippen molar-refractivity contribution in [2.45, 2.75) is 38.1 Å². The van der Waals surface area contributed by atoms with Crippen LogP contribution in [-0.4, -0.2) is 32.9 Å². The number of ether oxygens (including phenoxy) is 1. The third kappa shape index (κ3) is 4.31. The summed E-state index contributed by atoms with van der Waals surface area (Å²) in [7, 11) is -1.67. The van der Waals surface area contributed by atoms with Crippen LogP contribution in [0.15, 0.2) is 24.5 Å².